The molecule has 110 valence electrons. The Hall–Kier alpha value is -2.61. The van der Waals surface area contributed by atoms with Crippen molar-refractivity contribution < 1.29 is 8.78 Å². The predicted molar refractivity (Wildman–Crippen MR) is 76.3 cm³/mol. The summed E-state index contributed by atoms with van der Waals surface area (Å²) in [4.78, 5) is 13.8. The highest BCUT2D eigenvalue weighted by Crippen LogP contribution is 2.40. The van der Waals surface area contributed by atoms with Crippen LogP contribution in [-0.2, 0) is 0 Å². The normalized spacial score (nSPS) is 10.1. The van der Waals surface area contributed by atoms with Crippen LogP contribution < -0.4 is 11.3 Å². The van der Waals surface area contributed by atoms with Gasteiger partial charge in [-0.15, -0.1) is 0 Å². The van der Waals surface area contributed by atoms with E-state index < -0.39 is 50.3 Å². The van der Waals surface area contributed by atoms with Crippen LogP contribution in [0.25, 0.3) is 11.1 Å². The number of halogens is 4. The smallest absolute Gasteiger partial charge is 0.268 e. The number of anilines is 1. The number of hydrogen-bond donors (Lipinski definition) is 2. The van der Waals surface area contributed by atoms with E-state index in [0.29, 0.717) is 6.07 Å². The summed E-state index contributed by atoms with van der Waals surface area (Å²) in [5.41, 5.74) is 2.30. The molecule has 1 heterocycles. The number of pyridine rings is 1. The van der Waals surface area contributed by atoms with Gasteiger partial charge in [-0.3, -0.25) is 4.79 Å². The zero-order chi connectivity index (χ0) is 16.6. The van der Waals surface area contributed by atoms with E-state index in [9.17, 15) is 13.6 Å². The molecule has 1 aromatic heterocycles. The first-order chi connectivity index (χ1) is 10.3. The van der Waals surface area contributed by atoms with Crippen LogP contribution in [0.2, 0.25) is 10.0 Å². The van der Waals surface area contributed by atoms with Gasteiger partial charge in [-0.2, -0.15) is 10.5 Å². The van der Waals surface area contributed by atoms with Gasteiger partial charge in [-0.1, -0.05) is 23.2 Å². The summed E-state index contributed by atoms with van der Waals surface area (Å²) in [5.74, 6) is -3.21. The third-order valence-electron chi connectivity index (χ3n) is 2.83. The largest absolute Gasteiger partial charge is 0.384 e. The molecule has 22 heavy (non-hydrogen) atoms. The van der Waals surface area contributed by atoms with Crippen molar-refractivity contribution in [3.63, 3.8) is 0 Å². The highest BCUT2D eigenvalue weighted by molar-refractivity contribution is 6.43. The Morgan fingerprint density at radius 1 is 1.14 bits per heavy atom. The molecule has 0 spiro atoms. The van der Waals surface area contributed by atoms with Crippen molar-refractivity contribution in [1.82, 2.24) is 4.98 Å². The fraction of sp³-hybridized carbons (Fsp3) is 0. The third-order valence-corrected chi connectivity index (χ3v) is 3.62. The van der Waals surface area contributed by atoms with Gasteiger partial charge in [0, 0.05) is 11.1 Å². The van der Waals surface area contributed by atoms with Crippen LogP contribution in [-0.4, -0.2) is 4.98 Å². The van der Waals surface area contributed by atoms with Crippen molar-refractivity contribution >= 4 is 29.0 Å². The van der Waals surface area contributed by atoms with E-state index in [1.54, 1.807) is 6.07 Å². The minimum Gasteiger partial charge on any atom is -0.384 e. The lowest BCUT2D eigenvalue weighted by atomic mass is 9.96. The molecule has 0 fully saturated rings. The number of nitrogens with one attached hydrogen (secondary N) is 1. The van der Waals surface area contributed by atoms with E-state index in [1.807, 2.05) is 0 Å². The van der Waals surface area contributed by atoms with Crippen LogP contribution in [0.3, 0.4) is 0 Å². The van der Waals surface area contributed by atoms with Crippen molar-refractivity contribution in [1.29, 1.82) is 10.5 Å². The standard InChI is InChI=1S/C13H4Cl2F2N4O/c14-6-1-7(16)11(17)9(10(6)15)8-4(2-18)12(20)21-13(22)5(8)3-19/h1H,(H3,20,21,22). The summed E-state index contributed by atoms with van der Waals surface area (Å²) >= 11 is 11.5. The lowest BCUT2D eigenvalue weighted by molar-refractivity contribution is 0.511. The number of nitrogens with zero attached hydrogens (tertiary/aromatic N) is 2. The van der Waals surface area contributed by atoms with Crippen LogP contribution in [0, 0.1) is 34.3 Å². The Balaban J connectivity index is 3.13. The number of aromatic nitrogens is 1. The second kappa shape index (κ2) is 5.64. The number of rotatable bonds is 1. The Bertz CT molecular complexity index is 915. The van der Waals surface area contributed by atoms with Gasteiger partial charge >= 0.3 is 0 Å². The molecule has 2 aromatic rings. The van der Waals surface area contributed by atoms with Crippen LogP contribution >= 0.6 is 23.2 Å². The molecule has 9 heteroatoms. The number of benzene rings is 1. The van der Waals surface area contributed by atoms with Gasteiger partial charge in [0.25, 0.3) is 5.56 Å². The fourth-order valence-electron chi connectivity index (χ4n) is 1.89. The Morgan fingerprint density at radius 2 is 1.73 bits per heavy atom. The second-order valence-corrected chi connectivity index (χ2v) is 4.84. The molecule has 0 saturated heterocycles. The van der Waals surface area contributed by atoms with E-state index in [1.165, 1.54) is 6.07 Å². The molecule has 3 N–H and O–H groups in total. The maximum Gasteiger partial charge on any atom is 0.268 e. The van der Waals surface area contributed by atoms with Gasteiger partial charge < -0.3 is 10.7 Å². The SMILES string of the molecule is N#Cc1c(N)[nH]c(=O)c(C#N)c1-c1c(F)c(F)cc(Cl)c1Cl. The number of nitrogens with two attached hydrogens (primary N) is 1. The summed E-state index contributed by atoms with van der Waals surface area (Å²) in [7, 11) is 0. The third kappa shape index (κ3) is 2.27. The zero-order valence-electron chi connectivity index (χ0n) is 10.5. The summed E-state index contributed by atoms with van der Waals surface area (Å²) in [5, 5.41) is 17.4. The average molecular weight is 341 g/mol. The quantitative estimate of drug-likeness (QED) is 0.778. The van der Waals surface area contributed by atoms with Gasteiger partial charge in [0.05, 0.1) is 10.0 Å². The lowest BCUT2D eigenvalue weighted by Crippen LogP contribution is -2.17. The first kappa shape index (κ1) is 15.8. The molecule has 1 aromatic carbocycles. The minimum atomic E-state index is -1.45. The first-order valence-corrected chi connectivity index (χ1v) is 6.28. The molecule has 5 nitrogen and oxygen atoms in total. The minimum absolute atomic E-state index is 0.345. The topological polar surface area (TPSA) is 106 Å². The molecule has 0 aliphatic heterocycles. The predicted octanol–water partition coefficient (Wildman–Crippen LogP) is 2.95. The van der Waals surface area contributed by atoms with Crippen molar-refractivity contribution in [2.75, 3.05) is 5.73 Å². The monoisotopic (exact) mass is 340 g/mol. The molecule has 0 amide bonds. The zero-order valence-corrected chi connectivity index (χ0v) is 12.0. The van der Waals surface area contributed by atoms with Crippen molar-refractivity contribution in [2.45, 2.75) is 0 Å². The van der Waals surface area contributed by atoms with Gasteiger partial charge in [0.1, 0.15) is 29.1 Å². The number of nitriles is 2. The van der Waals surface area contributed by atoms with Crippen molar-refractivity contribution in [3.05, 3.63) is 49.2 Å². The maximum atomic E-state index is 14.1. The summed E-state index contributed by atoms with van der Waals surface area (Å²) in [6, 6.07) is 3.77. The van der Waals surface area contributed by atoms with E-state index in [-0.39, 0.29) is 5.02 Å². The van der Waals surface area contributed by atoms with Gasteiger partial charge in [-0.25, -0.2) is 8.78 Å². The molecule has 0 saturated carbocycles. The van der Waals surface area contributed by atoms with Crippen LogP contribution in [0.15, 0.2) is 10.9 Å². The lowest BCUT2D eigenvalue weighted by Gasteiger charge is -2.12. The molecular weight excluding hydrogens is 337 g/mol. The van der Waals surface area contributed by atoms with Crippen molar-refractivity contribution in [2.24, 2.45) is 0 Å². The van der Waals surface area contributed by atoms with Crippen LogP contribution in [0.5, 0.6) is 0 Å². The molecule has 0 aliphatic carbocycles. The molecule has 2 rings (SSSR count). The average Bonchev–Trinajstić information content (AvgIpc) is 2.45. The first-order valence-electron chi connectivity index (χ1n) is 5.52. The number of aromatic amines is 1. The molecule has 0 radical (unpaired) electrons. The highest BCUT2D eigenvalue weighted by Gasteiger charge is 2.26. The van der Waals surface area contributed by atoms with E-state index in [4.69, 9.17) is 39.5 Å². The molecule has 0 bridgehead atoms. The summed E-state index contributed by atoms with van der Waals surface area (Å²) in [6.45, 7) is 0. The van der Waals surface area contributed by atoms with E-state index in [0.717, 1.165) is 0 Å². The highest BCUT2D eigenvalue weighted by atomic mass is 35.5. The van der Waals surface area contributed by atoms with Gasteiger partial charge in [0.15, 0.2) is 11.6 Å². The summed E-state index contributed by atoms with van der Waals surface area (Å²) < 4.78 is 27.7. The van der Waals surface area contributed by atoms with Gasteiger partial charge in [-0.05, 0) is 6.07 Å². The van der Waals surface area contributed by atoms with Crippen LogP contribution in [0.4, 0.5) is 14.6 Å². The van der Waals surface area contributed by atoms with Gasteiger partial charge in [0.2, 0.25) is 0 Å². The molecule has 0 atom stereocenters. The number of hydrogen-bond acceptors (Lipinski definition) is 4. The van der Waals surface area contributed by atoms with E-state index in [2.05, 4.69) is 4.98 Å². The Labute approximate surface area is 132 Å². The second-order valence-electron chi connectivity index (χ2n) is 4.06. The number of H-pyrrole nitrogens is 1. The Morgan fingerprint density at radius 3 is 2.27 bits per heavy atom. The van der Waals surface area contributed by atoms with Crippen LogP contribution in [0.1, 0.15) is 11.1 Å². The summed E-state index contributed by atoms with van der Waals surface area (Å²) in [6.07, 6.45) is 0. The van der Waals surface area contributed by atoms with E-state index >= 15 is 0 Å². The Kier molecular flexibility index (Phi) is 4.05. The molecular formula is C13H4Cl2F2N4O. The van der Waals surface area contributed by atoms with Crippen molar-refractivity contribution in [3.8, 4) is 23.3 Å². The number of nitrogen functional groups attached to an aromatic ring is 1. The molecule has 0 aliphatic rings. The maximum absolute atomic E-state index is 14.1. The molecule has 0 unspecified atom stereocenters. The fourth-order valence-corrected chi connectivity index (χ4v) is 2.31.